The van der Waals surface area contributed by atoms with Crippen molar-refractivity contribution in [2.45, 2.75) is 26.4 Å². The van der Waals surface area contributed by atoms with Gasteiger partial charge < -0.3 is 14.8 Å². The van der Waals surface area contributed by atoms with E-state index in [0.29, 0.717) is 0 Å². The van der Waals surface area contributed by atoms with E-state index in [4.69, 9.17) is 9.47 Å². The lowest BCUT2D eigenvalue weighted by Crippen LogP contribution is -2.28. The maximum Gasteiger partial charge on any atom is 0.0589 e. The summed E-state index contributed by atoms with van der Waals surface area (Å²) in [6.07, 6.45) is 1.05. The van der Waals surface area contributed by atoms with E-state index >= 15 is 0 Å². The van der Waals surface area contributed by atoms with Gasteiger partial charge in [0.15, 0.2) is 0 Å². The number of nitrogens with zero attached hydrogens (tertiary/aromatic N) is 1. The molecule has 1 rings (SSSR count). The van der Waals surface area contributed by atoms with E-state index < -0.39 is 0 Å². The number of hydrogen-bond acceptors (Lipinski definition) is 4. The highest BCUT2D eigenvalue weighted by Gasteiger charge is 2.06. The summed E-state index contributed by atoms with van der Waals surface area (Å²) in [6.45, 7) is 8.60. The highest BCUT2D eigenvalue weighted by Crippen LogP contribution is 2.09. The minimum atomic E-state index is 0.768. The highest BCUT2D eigenvalue weighted by molar-refractivity contribution is 5.23. The number of nitrogens with one attached hydrogen (secondary N) is 1. The van der Waals surface area contributed by atoms with Crippen LogP contribution in [0.3, 0.4) is 0 Å². The lowest BCUT2D eigenvalue weighted by Gasteiger charge is -2.22. The van der Waals surface area contributed by atoms with Crippen LogP contribution in [0.15, 0.2) is 24.3 Å². The third kappa shape index (κ3) is 8.17. The number of rotatable bonds is 12. The zero-order valence-corrected chi connectivity index (χ0v) is 13.7. The van der Waals surface area contributed by atoms with Gasteiger partial charge in [-0.1, -0.05) is 31.2 Å². The summed E-state index contributed by atoms with van der Waals surface area (Å²) in [7, 11) is 3.51. The van der Waals surface area contributed by atoms with Crippen LogP contribution >= 0.6 is 0 Å². The molecule has 0 spiro atoms. The second-order valence-electron chi connectivity index (χ2n) is 5.22. The van der Waals surface area contributed by atoms with Gasteiger partial charge in [0, 0.05) is 47.0 Å². The smallest absolute Gasteiger partial charge is 0.0589 e. The zero-order chi connectivity index (χ0) is 15.3. The number of ether oxygens (including phenoxy) is 2. The average Bonchev–Trinajstić information content (AvgIpc) is 2.51. The largest absolute Gasteiger partial charge is 0.385 e. The molecule has 21 heavy (non-hydrogen) atoms. The number of methoxy groups -OCH3 is 2. The van der Waals surface area contributed by atoms with E-state index in [1.165, 1.54) is 11.1 Å². The van der Waals surface area contributed by atoms with Gasteiger partial charge in [0.1, 0.15) is 0 Å². The number of hydrogen-bond donors (Lipinski definition) is 1. The lowest BCUT2D eigenvalue weighted by molar-refractivity contribution is 0.129. The predicted octanol–water partition coefficient (Wildman–Crippen LogP) is 2.28. The van der Waals surface area contributed by atoms with Crippen molar-refractivity contribution >= 4 is 0 Å². The highest BCUT2D eigenvalue weighted by atomic mass is 16.5. The van der Waals surface area contributed by atoms with E-state index in [0.717, 1.165) is 52.4 Å². The summed E-state index contributed by atoms with van der Waals surface area (Å²) in [4.78, 5) is 2.43. The third-order valence-corrected chi connectivity index (χ3v) is 3.41. The van der Waals surface area contributed by atoms with Crippen molar-refractivity contribution in [2.75, 3.05) is 47.1 Å². The van der Waals surface area contributed by atoms with Crippen LogP contribution in [0.4, 0.5) is 0 Å². The molecule has 0 unspecified atom stereocenters. The van der Waals surface area contributed by atoms with Crippen molar-refractivity contribution in [1.82, 2.24) is 10.2 Å². The van der Waals surface area contributed by atoms with Gasteiger partial charge in [0.25, 0.3) is 0 Å². The summed E-state index contributed by atoms with van der Waals surface area (Å²) in [5.41, 5.74) is 2.71. The van der Waals surface area contributed by atoms with Gasteiger partial charge in [-0.25, -0.2) is 0 Å². The van der Waals surface area contributed by atoms with Crippen LogP contribution in [0, 0.1) is 0 Å². The fraction of sp³-hybridized carbons (Fsp3) is 0.647. The summed E-state index contributed by atoms with van der Waals surface area (Å²) in [5, 5.41) is 3.37. The van der Waals surface area contributed by atoms with Crippen molar-refractivity contribution < 1.29 is 9.47 Å². The monoisotopic (exact) mass is 294 g/mol. The van der Waals surface area contributed by atoms with E-state index in [9.17, 15) is 0 Å². The van der Waals surface area contributed by atoms with E-state index in [2.05, 4.69) is 41.4 Å². The van der Waals surface area contributed by atoms with Crippen molar-refractivity contribution in [3.8, 4) is 0 Å². The second kappa shape index (κ2) is 11.7. The predicted molar refractivity (Wildman–Crippen MR) is 87.5 cm³/mol. The molecule has 120 valence electrons. The van der Waals surface area contributed by atoms with Gasteiger partial charge in [0.05, 0.1) is 6.61 Å². The first-order valence-corrected chi connectivity index (χ1v) is 7.79. The molecule has 0 aliphatic heterocycles. The van der Waals surface area contributed by atoms with Gasteiger partial charge in [-0.05, 0) is 24.1 Å². The third-order valence-electron chi connectivity index (χ3n) is 3.41. The topological polar surface area (TPSA) is 33.7 Å². The van der Waals surface area contributed by atoms with Crippen LogP contribution in [-0.2, 0) is 22.6 Å². The summed E-state index contributed by atoms with van der Waals surface area (Å²) >= 11 is 0. The van der Waals surface area contributed by atoms with Crippen LogP contribution in [0.2, 0.25) is 0 Å². The molecule has 1 N–H and O–H groups in total. The Morgan fingerprint density at radius 2 is 1.81 bits per heavy atom. The molecule has 0 saturated carbocycles. The molecule has 0 aromatic heterocycles. The van der Waals surface area contributed by atoms with Crippen LogP contribution in [0.1, 0.15) is 24.5 Å². The Bertz CT molecular complexity index is 372. The van der Waals surface area contributed by atoms with Gasteiger partial charge in [-0.15, -0.1) is 0 Å². The van der Waals surface area contributed by atoms with Crippen molar-refractivity contribution in [2.24, 2.45) is 0 Å². The molecule has 0 aliphatic rings. The fourth-order valence-electron chi connectivity index (χ4n) is 2.29. The Balaban J connectivity index is 2.54. The molecular formula is C17H30N2O2. The zero-order valence-electron chi connectivity index (χ0n) is 13.7. The average molecular weight is 294 g/mol. The summed E-state index contributed by atoms with van der Waals surface area (Å²) < 4.78 is 10.4. The van der Waals surface area contributed by atoms with Gasteiger partial charge in [-0.3, -0.25) is 4.90 Å². The minimum Gasteiger partial charge on any atom is -0.385 e. The van der Waals surface area contributed by atoms with Crippen LogP contribution in [0.5, 0.6) is 0 Å². The first-order valence-electron chi connectivity index (χ1n) is 7.79. The SMILES string of the molecule is CCNCc1cccc(CN(CCCOC)CCOC)c1. The van der Waals surface area contributed by atoms with Gasteiger partial charge in [0.2, 0.25) is 0 Å². The standard InChI is InChI=1S/C17H30N2O2/c1-4-18-14-16-7-5-8-17(13-16)15-19(10-12-21-3)9-6-11-20-2/h5,7-8,13,18H,4,6,9-12,14-15H2,1-3H3. The van der Waals surface area contributed by atoms with Crippen LogP contribution in [0.25, 0.3) is 0 Å². The van der Waals surface area contributed by atoms with Crippen molar-refractivity contribution in [3.63, 3.8) is 0 Å². The second-order valence-corrected chi connectivity index (χ2v) is 5.22. The Morgan fingerprint density at radius 3 is 2.52 bits per heavy atom. The molecule has 0 radical (unpaired) electrons. The first-order chi connectivity index (χ1) is 10.3. The molecule has 0 amide bonds. The Labute approximate surface area is 129 Å². The van der Waals surface area contributed by atoms with Crippen LogP contribution < -0.4 is 5.32 Å². The van der Waals surface area contributed by atoms with E-state index in [-0.39, 0.29) is 0 Å². The molecule has 1 aromatic carbocycles. The molecule has 0 fully saturated rings. The lowest BCUT2D eigenvalue weighted by atomic mass is 10.1. The van der Waals surface area contributed by atoms with E-state index in [1.54, 1.807) is 14.2 Å². The fourth-order valence-corrected chi connectivity index (χ4v) is 2.29. The Hall–Kier alpha value is -0.940. The molecule has 0 aliphatic carbocycles. The van der Waals surface area contributed by atoms with Gasteiger partial charge in [-0.2, -0.15) is 0 Å². The van der Waals surface area contributed by atoms with Crippen molar-refractivity contribution in [1.29, 1.82) is 0 Å². The minimum absolute atomic E-state index is 0.768. The molecule has 0 heterocycles. The van der Waals surface area contributed by atoms with Gasteiger partial charge >= 0.3 is 0 Å². The molecule has 0 atom stereocenters. The molecule has 1 aromatic rings. The molecular weight excluding hydrogens is 264 g/mol. The van der Waals surface area contributed by atoms with Crippen molar-refractivity contribution in [3.05, 3.63) is 35.4 Å². The summed E-state index contributed by atoms with van der Waals surface area (Å²) in [5.74, 6) is 0. The molecule has 0 saturated heterocycles. The maximum atomic E-state index is 5.21. The number of benzene rings is 1. The quantitative estimate of drug-likeness (QED) is 0.600. The molecule has 0 bridgehead atoms. The molecule has 4 heteroatoms. The summed E-state index contributed by atoms with van der Waals surface area (Å²) in [6, 6.07) is 8.81. The Morgan fingerprint density at radius 1 is 1.05 bits per heavy atom. The van der Waals surface area contributed by atoms with Crippen LogP contribution in [-0.4, -0.2) is 52.0 Å². The molecule has 4 nitrogen and oxygen atoms in total. The normalized spacial score (nSPS) is 11.2. The Kier molecular flexibility index (Phi) is 10.1. The first kappa shape index (κ1) is 18.1. The maximum absolute atomic E-state index is 5.21. The van der Waals surface area contributed by atoms with E-state index in [1.807, 2.05) is 0 Å².